The number of nitrogens with zero attached hydrogens (tertiary/aromatic N) is 4. The van der Waals surface area contributed by atoms with E-state index in [1.165, 1.54) is 12.7 Å². The molecule has 0 aliphatic carbocycles. The molecule has 2 aliphatic rings. The van der Waals surface area contributed by atoms with Crippen LogP contribution in [0.2, 0.25) is 0 Å². The lowest BCUT2D eigenvalue weighted by molar-refractivity contribution is 0.102. The van der Waals surface area contributed by atoms with Gasteiger partial charge in [0.15, 0.2) is 11.5 Å². The van der Waals surface area contributed by atoms with Gasteiger partial charge in [-0.25, -0.2) is 9.97 Å². The highest BCUT2D eigenvalue weighted by molar-refractivity contribution is 6.03. The number of aromatic nitrogens is 4. The summed E-state index contributed by atoms with van der Waals surface area (Å²) in [6, 6.07) is 9.04. The molecule has 2 aliphatic heterocycles. The normalized spacial score (nSPS) is 15.4. The molecular weight excluding hydrogens is 372 g/mol. The van der Waals surface area contributed by atoms with Gasteiger partial charge in [-0.2, -0.15) is 5.10 Å². The van der Waals surface area contributed by atoms with Gasteiger partial charge >= 0.3 is 0 Å². The van der Waals surface area contributed by atoms with E-state index in [0.29, 0.717) is 28.7 Å². The first-order valence-electron chi connectivity index (χ1n) is 9.60. The summed E-state index contributed by atoms with van der Waals surface area (Å²) in [5.74, 6) is 2.36. The van der Waals surface area contributed by atoms with Crippen molar-refractivity contribution in [3.8, 4) is 22.8 Å². The Labute approximate surface area is 167 Å². The zero-order chi connectivity index (χ0) is 19.6. The van der Waals surface area contributed by atoms with Crippen LogP contribution in [-0.2, 0) is 0 Å². The number of benzene rings is 1. The number of aromatic amines is 1. The zero-order valence-electron chi connectivity index (χ0n) is 15.7. The average molecular weight is 392 g/mol. The lowest BCUT2D eigenvalue weighted by Gasteiger charge is -2.27. The van der Waals surface area contributed by atoms with Gasteiger partial charge in [0.05, 0.1) is 5.69 Å². The molecule has 2 aromatic heterocycles. The van der Waals surface area contributed by atoms with Gasteiger partial charge in [-0.3, -0.25) is 9.89 Å². The summed E-state index contributed by atoms with van der Waals surface area (Å²) in [4.78, 5) is 23.4. The van der Waals surface area contributed by atoms with Crippen LogP contribution in [-0.4, -0.2) is 46.0 Å². The summed E-state index contributed by atoms with van der Waals surface area (Å²) in [6.07, 6.45) is 5.03. The molecule has 5 rings (SSSR count). The fourth-order valence-corrected chi connectivity index (χ4v) is 3.54. The third kappa shape index (κ3) is 3.58. The van der Waals surface area contributed by atoms with E-state index in [4.69, 9.17) is 9.47 Å². The summed E-state index contributed by atoms with van der Waals surface area (Å²) in [6.45, 7) is 2.17. The van der Waals surface area contributed by atoms with Gasteiger partial charge in [0.2, 0.25) is 6.79 Å². The molecule has 1 amide bonds. The van der Waals surface area contributed by atoms with Crippen molar-refractivity contribution in [2.45, 2.75) is 19.3 Å². The van der Waals surface area contributed by atoms with Crippen LogP contribution in [0.3, 0.4) is 0 Å². The molecule has 9 heteroatoms. The van der Waals surface area contributed by atoms with E-state index in [1.807, 2.05) is 18.2 Å². The van der Waals surface area contributed by atoms with Crippen LogP contribution in [0.5, 0.6) is 11.5 Å². The maximum atomic E-state index is 12.6. The van der Waals surface area contributed by atoms with E-state index in [2.05, 4.69) is 30.4 Å². The monoisotopic (exact) mass is 392 g/mol. The molecule has 0 bridgehead atoms. The third-order valence-electron chi connectivity index (χ3n) is 5.07. The zero-order valence-corrected chi connectivity index (χ0v) is 15.7. The summed E-state index contributed by atoms with van der Waals surface area (Å²) in [7, 11) is 0. The standard InChI is InChI=1S/C20H20N6O3/c27-20(23-18-10-19(22-11-21-18)26-6-2-1-3-7-26)15-9-14(24-25-15)13-4-5-16-17(8-13)29-12-28-16/h4-5,8-11H,1-3,6-7,12H2,(H,24,25)(H,21,22,23,27). The number of amides is 1. The van der Waals surface area contributed by atoms with Crippen LogP contribution in [0.15, 0.2) is 36.7 Å². The Morgan fingerprint density at radius 3 is 2.79 bits per heavy atom. The Hall–Kier alpha value is -3.62. The number of piperidine rings is 1. The van der Waals surface area contributed by atoms with Crippen molar-refractivity contribution >= 4 is 17.5 Å². The van der Waals surface area contributed by atoms with Crippen LogP contribution in [0, 0.1) is 0 Å². The molecule has 0 unspecified atom stereocenters. The number of rotatable bonds is 4. The van der Waals surface area contributed by atoms with Gasteiger partial charge in [-0.05, 0) is 43.5 Å². The second kappa shape index (κ2) is 7.42. The molecule has 3 aromatic rings. The van der Waals surface area contributed by atoms with Crippen molar-refractivity contribution in [1.29, 1.82) is 0 Å². The lowest BCUT2D eigenvalue weighted by atomic mass is 10.1. The number of H-pyrrole nitrogens is 1. The Morgan fingerprint density at radius 2 is 1.90 bits per heavy atom. The smallest absolute Gasteiger partial charge is 0.274 e. The van der Waals surface area contributed by atoms with E-state index >= 15 is 0 Å². The van der Waals surface area contributed by atoms with Crippen LogP contribution in [0.25, 0.3) is 11.3 Å². The van der Waals surface area contributed by atoms with Gasteiger partial charge in [-0.1, -0.05) is 0 Å². The van der Waals surface area contributed by atoms with Gasteiger partial charge < -0.3 is 19.7 Å². The molecule has 0 saturated carbocycles. The lowest BCUT2D eigenvalue weighted by Crippen LogP contribution is -2.30. The Kier molecular flexibility index (Phi) is 4.47. The quantitative estimate of drug-likeness (QED) is 0.703. The summed E-state index contributed by atoms with van der Waals surface area (Å²) in [5.41, 5.74) is 1.82. The molecule has 2 N–H and O–H groups in total. The molecule has 9 nitrogen and oxygen atoms in total. The van der Waals surface area contributed by atoms with Crippen molar-refractivity contribution in [2.75, 3.05) is 30.1 Å². The van der Waals surface area contributed by atoms with E-state index < -0.39 is 0 Å². The van der Waals surface area contributed by atoms with E-state index in [0.717, 1.165) is 37.3 Å². The Balaban J connectivity index is 1.30. The van der Waals surface area contributed by atoms with Crippen molar-refractivity contribution in [1.82, 2.24) is 20.2 Å². The highest BCUT2D eigenvalue weighted by Gasteiger charge is 2.18. The fraction of sp³-hybridized carbons (Fsp3) is 0.300. The van der Waals surface area contributed by atoms with Crippen LogP contribution >= 0.6 is 0 Å². The largest absolute Gasteiger partial charge is 0.454 e. The molecule has 148 valence electrons. The van der Waals surface area contributed by atoms with E-state index in [9.17, 15) is 4.79 Å². The molecule has 1 aromatic carbocycles. The first kappa shape index (κ1) is 17.5. The number of fused-ring (bicyclic) bond motifs is 1. The molecule has 1 fully saturated rings. The number of hydrogen-bond donors (Lipinski definition) is 2. The number of carbonyl (C=O) groups excluding carboxylic acids is 1. The second-order valence-corrected chi connectivity index (χ2v) is 7.00. The minimum Gasteiger partial charge on any atom is -0.454 e. The van der Waals surface area contributed by atoms with Gasteiger partial charge in [-0.15, -0.1) is 0 Å². The summed E-state index contributed by atoms with van der Waals surface area (Å²) >= 11 is 0. The van der Waals surface area contributed by atoms with Gasteiger partial charge in [0.1, 0.15) is 23.7 Å². The number of anilines is 2. The second-order valence-electron chi connectivity index (χ2n) is 7.00. The minimum absolute atomic E-state index is 0.214. The van der Waals surface area contributed by atoms with E-state index in [1.54, 1.807) is 12.1 Å². The van der Waals surface area contributed by atoms with Crippen molar-refractivity contribution in [2.24, 2.45) is 0 Å². The highest BCUT2D eigenvalue weighted by Crippen LogP contribution is 2.35. The number of nitrogens with one attached hydrogen (secondary N) is 2. The molecule has 0 atom stereocenters. The van der Waals surface area contributed by atoms with Crippen LogP contribution in [0.1, 0.15) is 29.8 Å². The molecule has 4 heterocycles. The van der Waals surface area contributed by atoms with E-state index in [-0.39, 0.29) is 12.7 Å². The maximum Gasteiger partial charge on any atom is 0.274 e. The first-order chi connectivity index (χ1) is 14.3. The fourth-order valence-electron chi connectivity index (χ4n) is 3.54. The predicted octanol–water partition coefficient (Wildman–Crippen LogP) is 2.84. The molecular formula is C20H20N6O3. The topological polar surface area (TPSA) is 105 Å². The Bertz CT molecular complexity index is 1040. The number of ether oxygens (including phenoxy) is 2. The summed E-state index contributed by atoms with van der Waals surface area (Å²) in [5, 5.41) is 9.84. The first-order valence-corrected chi connectivity index (χ1v) is 9.60. The van der Waals surface area contributed by atoms with Gasteiger partial charge in [0.25, 0.3) is 5.91 Å². The SMILES string of the molecule is O=C(Nc1cc(N2CCCCC2)ncn1)c1cc(-c2ccc3c(c2)OCO3)n[nH]1. The number of hydrogen-bond acceptors (Lipinski definition) is 7. The molecule has 0 spiro atoms. The highest BCUT2D eigenvalue weighted by atomic mass is 16.7. The maximum absolute atomic E-state index is 12.6. The average Bonchev–Trinajstić information content (AvgIpc) is 3.44. The molecule has 0 radical (unpaired) electrons. The summed E-state index contributed by atoms with van der Waals surface area (Å²) < 4.78 is 10.7. The van der Waals surface area contributed by atoms with Crippen molar-refractivity contribution in [3.05, 3.63) is 42.4 Å². The van der Waals surface area contributed by atoms with Gasteiger partial charge in [0, 0.05) is 24.7 Å². The molecule has 29 heavy (non-hydrogen) atoms. The number of carbonyl (C=O) groups is 1. The van der Waals surface area contributed by atoms with Crippen LogP contribution in [0.4, 0.5) is 11.6 Å². The predicted molar refractivity (Wildman–Crippen MR) is 106 cm³/mol. The minimum atomic E-state index is -0.312. The van der Waals surface area contributed by atoms with Crippen molar-refractivity contribution in [3.63, 3.8) is 0 Å². The third-order valence-corrected chi connectivity index (χ3v) is 5.07. The van der Waals surface area contributed by atoms with Crippen LogP contribution < -0.4 is 19.7 Å². The Morgan fingerprint density at radius 1 is 1.03 bits per heavy atom. The van der Waals surface area contributed by atoms with Crippen molar-refractivity contribution < 1.29 is 14.3 Å². The molecule has 1 saturated heterocycles.